The minimum Gasteiger partial charge on any atom is -0.388 e. The third kappa shape index (κ3) is 1.48. The van der Waals surface area contributed by atoms with Gasteiger partial charge in [0, 0.05) is 23.5 Å². The van der Waals surface area contributed by atoms with Crippen LogP contribution in [0.4, 0.5) is 0 Å². The molecular formula is C12H19NO. The first-order valence-electron chi connectivity index (χ1n) is 5.61. The predicted molar refractivity (Wildman–Crippen MR) is 57.3 cm³/mol. The summed E-state index contributed by atoms with van der Waals surface area (Å²) < 4.78 is 2.33. The molecule has 1 heterocycles. The molecule has 2 nitrogen and oxygen atoms in total. The lowest BCUT2D eigenvalue weighted by Gasteiger charge is -2.22. The van der Waals surface area contributed by atoms with Gasteiger partial charge in [0.25, 0.3) is 0 Å². The maximum absolute atomic E-state index is 9.82. The highest BCUT2D eigenvalue weighted by Gasteiger charge is 2.22. The number of hydrogen-bond donors (Lipinski definition) is 1. The molecule has 1 aliphatic rings. The van der Waals surface area contributed by atoms with Crippen molar-refractivity contribution >= 4 is 0 Å². The smallest absolute Gasteiger partial charge is 0.0807 e. The standard InChI is InChI=1S/C12H19NO/c1-3-9(2)13-8-7-10-11(13)5-4-6-12(10)14/h7-9,12,14H,3-6H2,1-2H3. The zero-order chi connectivity index (χ0) is 10.1. The van der Waals surface area contributed by atoms with Gasteiger partial charge in [-0.3, -0.25) is 0 Å². The molecule has 0 saturated carbocycles. The van der Waals surface area contributed by atoms with Gasteiger partial charge in [-0.15, -0.1) is 0 Å². The fourth-order valence-electron chi connectivity index (χ4n) is 2.30. The van der Waals surface area contributed by atoms with E-state index in [0.717, 1.165) is 31.2 Å². The minimum absolute atomic E-state index is 0.218. The third-order valence-electron chi connectivity index (χ3n) is 3.38. The van der Waals surface area contributed by atoms with E-state index in [-0.39, 0.29) is 6.10 Å². The van der Waals surface area contributed by atoms with E-state index in [1.807, 2.05) is 0 Å². The molecule has 2 atom stereocenters. The summed E-state index contributed by atoms with van der Waals surface area (Å²) in [5, 5.41) is 9.82. The SMILES string of the molecule is CCC(C)n1ccc2c1CCCC2O. The molecule has 2 unspecified atom stereocenters. The Kier molecular flexibility index (Phi) is 2.64. The van der Waals surface area contributed by atoms with Crippen molar-refractivity contribution in [1.29, 1.82) is 0 Å². The molecule has 1 aromatic rings. The van der Waals surface area contributed by atoms with Crippen LogP contribution in [0.2, 0.25) is 0 Å². The van der Waals surface area contributed by atoms with Crippen molar-refractivity contribution in [2.45, 2.75) is 51.7 Å². The first-order valence-corrected chi connectivity index (χ1v) is 5.61. The van der Waals surface area contributed by atoms with Crippen LogP contribution < -0.4 is 0 Å². The van der Waals surface area contributed by atoms with Gasteiger partial charge < -0.3 is 9.67 Å². The van der Waals surface area contributed by atoms with Crippen LogP contribution >= 0.6 is 0 Å². The fourth-order valence-corrected chi connectivity index (χ4v) is 2.30. The van der Waals surface area contributed by atoms with Crippen molar-refractivity contribution in [2.24, 2.45) is 0 Å². The Morgan fingerprint density at radius 2 is 2.43 bits per heavy atom. The van der Waals surface area contributed by atoms with E-state index in [2.05, 4.69) is 30.7 Å². The van der Waals surface area contributed by atoms with Crippen LogP contribution in [0.25, 0.3) is 0 Å². The van der Waals surface area contributed by atoms with E-state index in [4.69, 9.17) is 0 Å². The second kappa shape index (κ2) is 3.77. The predicted octanol–water partition coefficient (Wildman–Crippen LogP) is 2.83. The van der Waals surface area contributed by atoms with E-state index >= 15 is 0 Å². The first-order chi connectivity index (χ1) is 6.74. The molecule has 0 aromatic carbocycles. The third-order valence-corrected chi connectivity index (χ3v) is 3.38. The molecule has 0 bridgehead atoms. The summed E-state index contributed by atoms with van der Waals surface area (Å²) in [6, 6.07) is 2.65. The number of aliphatic hydroxyl groups is 1. The molecule has 2 rings (SSSR count). The summed E-state index contributed by atoms with van der Waals surface area (Å²) in [7, 11) is 0. The number of rotatable bonds is 2. The Labute approximate surface area is 85.6 Å². The number of nitrogens with zero attached hydrogens (tertiary/aromatic N) is 1. The summed E-state index contributed by atoms with van der Waals surface area (Å²) in [4.78, 5) is 0. The molecule has 0 radical (unpaired) electrons. The lowest BCUT2D eigenvalue weighted by Crippen LogP contribution is -2.13. The molecule has 14 heavy (non-hydrogen) atoms. The molecule has 0 saturated heterocycles. The van der Waals surface area contributed by atoms with Gasteiger partial charge in [0.2, 0.25) is 0 Å². The van der Waals surface area contributed by atoms with Crippen LogP contribution in [0.3, 0.4) is 0 Å². The van der Waals surface area contributed by atoms with E-state index in [1.165, 1.54) is 5.69 Å². The summed E-state index contributed by atoms with van der Waals surface area (Å²) >= 11 is 0. The molecule has 1 N–H and O–H groups in total. The second-order valence-electron chi connectivity index (χ2n) is 4.29. The van der Waals surface area contributed by atoms with Crippen LogP contribution in [0.5, 0.6) is 0 Å². The van der Waals surface area contributed by atoms with Gasteiger partial charge in [0.05, 0.1) is 6.10 Å². The lowest BCUT2D eigenvalue weighted by atomic mass is 9.95. The number of fused-ring (bicyclic) bond motifs is 1. The maximum Gasteiger partial charge on any atom is 0.0807 e. The lowest BCUT2D eigenvalue weighted by molar-refractivity contribution is 0.155. The zero-order valence-corrected chi connectivity index (χ0v) is 9.03. The highest BCUT2D eigenvalue weighted by atomic mass is 16.3. The Balaban J connectivity index is 2.35. The molecule has 78 valence electrons. The number of aliphatic hydroxyl groups excluding tert-OH is 1. The quantitative estimate of drug-likeness (QED) is 0.767. The van der Waals surface area contributed by atoms with E-state index in [9.17, 15) is 5.11 Å². The molecule has 0 fully saturated rings. The first kappa shape index (κ1) is 9.78. The van der Waals surface area contributed by atoms with Crippen molar-refractivity contribution < 1.29 is 5.11 Å². The molecule has 1 aliphatic carbocycles. The number of hydrogen-bond acceptors (Lipinski definition) is 1. The average Bonchev–Trinajstić information content (AvgIpc) is 2.62. The Hall–Kier alpha value is -0.760. The summed E-state index contributed by atoms with van der Waals surface area (Å²) in [5.41, 5.74) is 2.52. The number of aromatic nitrogens is 1. The van der Waals surface area contributed by atoms with E-state index < -0.39 is 0 Å². The molecule has 1 aromatic heterocycles. The Bertz CT molecular complexity index is 316. The van der Waals surface area contributed by atoms with Gasteiger partial charge in [0.1, 0.15) is 0 Å². The van der Waals surface area contributed by atoms with Gasteiger partial charge in [-0.1, -0.05) is 6.92 Å². The second-order valence-corrected chi connectivity index (χ2v) is 4.29. The average molecular weight is 193 g/mol. The van der Waals surface area contributed by atoms with Gasteiger partial charge in [-0.05, 0) is 38.7 Å². The topological polar surface area (TPSA) is 25.2 Å². The largest absolute Gasteiger partial charge is 0.388 e. The summed E-state index contributed by atoms with van der Waals surface area (Å²) in [6.07, 6.45) is 6.24. The molecule has 0 spiro atoms. The normalized spacial score (nSPS) is 23.2. The Morgan fingerprint density at radius 3 is 3.14 bits per heavy atom. The van der Waals surface area contributed by atoms with E-state index in [1.54, 1.807) is 0 Å². The van der Waals surface area contributed by atoms with Crippen LogP contribution in [0.15, 0.2) is 12.3 Å². The molecular weight excluding hydrogens is 174 g/mol. The van der Waals surface area contributed by atoms with Crippen molar-refractivity contribution in [3.63, 3.8) is 0 Å². The van der Waals surface area contributed by atoms with Crippen LogP contribution in [0, 0.1) is 0 Å². The molecule has 0 amide bonds. The van der Waals surface area contributed by atoms with Crippen LogP contribution in [-0.2, 0) is 6.42 Å². The van der Waals surface area contributed by atoms with Crippen molar-refractivity contribution in [3.05, 3.63) is 23.5 Å². The van der Waals surface area contributed by atoms with E-state index in [0.29, 0.717) is 6.04 Å². The maximum atomic E-state index is 9.82. The van der Waals surface area contributed by atoms with Gasteiger partial charge in [0.15, 0.2) is 0 Å². The fraction of sp³-hybridized carbons (Fsp3) is 0.667. The zero-order valence-electron chi connectivity index (χ0n) is 9.03. The molecule has 0 aliphatic heterocycles. The van der Waals surface area contributed by atoms with Crippen LogP contribution in [-0.4, -0.2) is 9.67 Å². The summed E-state index contributed by atoms with van der Waals surface area (Å²) in [6.45, 7) is 4.44. The Morgan fingerprint density at radius 1 is 1.64 bits per heavy atom. The van der Waals surface area contributed by atoms with Crippen LogP contribution in [0.1, 0.15) is 56.5 Å². The van der Waals surface area contributed by atoms with Crippen molar-refractivity contribution in [2.75, 3.05) is 0 Å². The molecule has 2 heteroatoms. The van der Waals surface area contributed by atoms with Crippen molar-refractivity contribution in [3.8, 4) is 0 Å². The highest BCUT2D eigenvalue weighted by Crippen LogP contribution is 2.32. The minimum atomic E-state index is -0.218. The summed E-state index contributed by atoms with van der Waals surface area (Å²) in [5.74, 6) is 0. The van der Waals surface area contributed by atoms with Gasteiger partial charge in [-0.25, -0.2) is 0 Å². The highest BCUT2D eigenvalue weighted by molar-refractivity contribution is 5.27. The van der Waals surface area contributed by atoms with Crippen molar-refractivity contribution in [1.82, 2.24) is 4.57 Å². The van der Waals surface area contributed by atoms with Gasteiger partial charge in [-0.2, -0.15) is 0 Å². The van der Waals surface area contributed by atoms with Gasteiger partial charge >= 0.3 is 0 Å². The monoisotopic (exact) mass is 193 g/mol.